The molecule has 0 bridgehead atoms. The van der Waals surface area contributed by atoms with Crippen molar-refractivity contribution in [2.24, 2.45) is 5.73 Å². The number of hydrogen-bond donors (Lipinski definition) is 7. The number of nitrogens with two attached hydrogens (primary N) is 1. The van der Waals surface area contributed by atoms with Crippen LogP contribution in [0, 0.1) is 0 Å². The number of primary amides is 1. The van der Waals surface area contributed by atoms with Gasteiger partial charge < -0.3 is 37.4 Å². The summed E-state index contributed by atoms with van der Waals surface area (Å²) in [5, 5.41) is 19.2. The minimum Gasteiger partial charge on any atom is -0.376 e. The Morgan fingerprint density at radius 1 is 0.875 bits per heavy atom. The molecule has 0 atom stereocenters. The van der Waals surface area contributed by atoms with Crippen LogP contribution in [0.5, 0.6) is 0 Å². The van der Waals surface area contributed by atoms with Crippen LogP contribution in [-0.2, 0) is 0 Å². The largest absolute Gasteiger partial charge is 0.376 e. The topological polar surface area (TPSA) is 158 Å². The SMILES string of the molecule is NC(=O)NCNC(=O)NCNC(=O)NCO. The second kappa shape index (κ2) is 8.11. The Labute approximate surface area is 90.9 Å². The first kappa shape index (κ1) is 13.8. The van der Waals surface area contributed by atoms with E-state index in [1.54, 1.807) is 0 Å². The van der Waals surface area contributed by atoms with E-state index in [-0.39, 0.29) is 13.3 Å². The zero-order chi connectivity index (χ0) is 12.4. The lowest BCUT2D eigenvalue weighted by molar-refractivity contribution is 0.216. The third-order valence-corrected chi connectivity index (χ3v) is 1.25. The van der Waals surface area contributed by atoms with Crippen LogP contribution in [0.2, 0.25) is 0 Å². The molecule has 0 aromatic carbocycles. The summed E-state index contributed by atoms with van der Waals surface area (Å²) in [5.74, 6) is 0. The summed E-state index contributed by atoms with van der Waals surface area (Å²) in [5.41, 5.74) is 4.74. The van der Waals surface area contributed by atoms with E-state index < -0.39 is 24.8 Å². The fraction of sp³-hybridized carbons (Fsp3) is 0.500. The minimum absolute atomic E-state index is 0.121. The maximum absolute atomic E-state index is 10.9. The second-order valence-electron chi connectivity index (χ2n) is 2.42. The normalized spacial score (nSPS) is 8.81. The van der Waals surface area contributed by atoms with E-state index >= 15 is 0 Å². The van der Waals surface area contributed by atoms with Crippen LogP contribution in [0.4, 0.5) is 14.4 Å². The number of carbonyl (C=O) groups is 3. The van der Waals surface area contributed by atoms with Gasteiger partial charge in [-0.3, -0.25) is 0 Å². The van der Waals surface area contributed by atoms with Gasteiger partial charge >= 0.3 is 18.1 Å². The van der Waals surface area contributed by atoms with Crippen molar-refractivity contribution >= 4 is 18.1 Å². The molecular weight excluding hydrogens is 220 g/mol. The Morgan fingerprint density at radius 3 is 1.75 bits per heavy atom. The molecule has 0 aliphatic heterocycles. The molecule has 10 nitrogen and oxygen atoms in total. The number of aliphatic hydroxyl groups is 1. The summed E-state index contributed by atoms with van der Waals surface area (Å²) in [6.07, 6.45) is 0. The summed E-state index contributed by atoms with van der Waals surface area (Å²) in [4.78, 5) is 31.8. The van der Waals surface area contributed by atoms with Crippen molar-refractivity contribution < 1.29 is 19.5 Å². The standard InChI is InChI=1S/C6H14N6O4/c7-4(14)8-1-9-5(15)10-2-11-6(16)12-3-13/h13H,1-3H2,(H3,7,8,14)(H2,9,10,15)(H2,11,12,16). The van der Waals surface area contributed by atoms with E-state index in [0.717, 1.165) is 0 Å². The quantitative estimate of drug-likeness (QED) is 0.255. The van der Waals surface area contributed by atoms with Crippen LogP contribution in [-0.4, -0.2) is 43.3 Å². The monoisotopic (exact) mass is 234 g/mol. The van der Waals surface area contributed by atoms with E-state index in [0.29, 0.717) is 0 Å². The number of rotatable bonds is 5. The van der Waals surface area contributed by atoms with Gasteiger partial charge in [-0.1, -0.05) is 0 Å². The molecule has 0 unspecified atom stereocenters. The van der Waals surface area contributed by atoms with E-state index in [9.17, 15) is 14.4 Å². The van der Waals surface area contributed by atoms with E-state index in [1.807, 2.05) is 5.32 Å². The zero-order valence-electron chi connectivity index (χ0n) is 8.37. The lowest BCUT2D eigenvalue weighted by Gasteiger charge is -2.08. The molecule has 0 heterocycles. The first-order valence-corrected chi connectivity index (χ1v) is 4.24. The highest BCUT2D eigenvalue weighted by atomic mass is 16.3. The molecule has 0 rings (SSSR count). The van der Waals surface area contributed by atoms with Gasteiger partial charge in [-0.25, -0.2) is 14.4 Å². The van der Waals surface area contributed by atoms with Crippen molar-refractivity contribution in [3.8, 4) is 0 Å². The first-order chi connectivity index (χ1) is 7.56. The molecule has 10 heteroatoms. The van der Waals surface area contributed by atoms with Crippen molar-refractivity contribution in [2.45, 2.75) is 0 Å². The van der Waals surface area contributed by atoms with Gasteiger partial charge in [-0.05, 0) is 0 Å². The van der Waals surface area contributed by atoms with E-state index in [2.05, 4.69) is 21.3 Å². The smallest absolute Gasteiger partial charge is 0.317 e. The third kappa shape index (κ3) is 8.37. The number of amides is 6. The van der Waals surface area contributed by atoms with Crippen LogP contribution in [0.3, 0.4) is 0 Å². The molecule has 92 valence electrons. The molecule has 0 saturated carbocycles. The van der Waals surface area contributed by atoms with Crippen LogP contribution >= 0.6 is 0 Å². The number of nitrogens with one attached hydrogen (secondary N) is 5. The lowest BCUT2D eigenvalue weighted by atomic mass is 10.8. The zero-order valence-corrected chi connectivity index (χ0v) is 8.37. The maximum atomic E-state index is 10.9. The van der Waals surface area contributed by atoms with Gasteiger partial charge in [-0.15, -0.1) is 0 Å². The molecule has 0 aromatic rings. The lowest BCUT2D eigenvalue weighted by Crippen LogP contribution is -2.48. The molecule has 8 N–H and O–H groups in total. The maximum Gasteiger partial charge on any atom is 0.317 e. The van der Waals surface area contributed by atoms with E-state index in [1.165, 1.54) is 0 Å². The first-order valence-electron chi connectivity index (χ1n) is 4.24. The molecule has 0 aliphatic rings. The Hall–Kier alpha value is -2.23. The van der Waals surface area contributed by atoms with Crippen molar-refractivity contribution in [3.05, 3.63) is 0 Å². The molecule has 0 saturated heterocycles. The van der Waals surface area contributed by atoms with Gasteiger partial charge in [0, 0.05) is 0 Å². The summed E-state index contributed by atoms with van der Waals surface area (Å²) < 4.78 is 0. The van der Waals surface area contributed by atoms with Crippen LogP contribution in [0.25, 0.3) is 0 Å². The number of urea groups is 3. The highest BCUT2D eigenvalue weighted by Gasteiger charge is 2.00. The van der Waals surface area contributed by atoms with Crippen LogP contribution in [0.1, 0.15) is 0 Å². The number of aliphatic hydroxyl groups excluding tert-OH is 1. The molecule has 0 spiro atoms. The molecule has 0 aliphatic carbocycles. The predicted octanol–water partition coefficient (Wildman–Crippen LogP) is -2.88. The van der Waals surface area contributed by atoms with Gasteiger partial charge in [0.05, 0.1) is 13.3 Å². The molecule has 0 radical (unpaired) electrons. The van der Waals surface area contributed by atoms with Crippen molar-refractivity contribution in [2.75, 3.05) is 20.1 Å². The average molecular weight is 234 g/mol. The molecular formula is C6H14N6O4. The predicted molar refractivity (Wildman–Crippen MR) is 52.9 cm³/mol. The Bertz CT molecular complexity index is 257. The Kier molecular flexibility index (Phi) is 6.98. The van der Waals surface area contributed by atoms with Gasteiger partial charge in [0.2, 0.25) is 0 Å². The third-order valence-electron chi connectivity index (χ3n) is 1.25. The van der Waals surface area contributed by atoms with Crippen molar-refractivity contribution in [3.63, 3.8) is 0 Å². The van der Waals surface area contributed by atoms with Gasteiger partial charge in [-0.2, -0.15) is 0 Å². The van der Waals surface area contributed by atoms with Crippen LogP contribution < -0.4 is 32.3 Å². The average Bonchev–Trinajstić information content (AvgIpc) is 2.17. The second-order valence-corrected chi connectivity index (χ2v) is 2.42. The number of hydrogen-bond acceptors (Lipinski definition) is 4. The molecule has 0 aromatic heterocycles. The fourth-order valence-corrected chi connectivity index (χ4v) is 0.613. The Morgan fingerprint density at radius 2 is 1.31 bits per heavy atom. The van der Waals surface area contributed by atoms with Gasteiger partial charge in [0.25, 0.3) is 0 Å². The highest BCUT2D eigenvalue weighted by Crippen LogP contribution is 1.64. The number of carbonyl (C=O) groups excluding carboxylic acids is 3. The van der Waals surface area contributed by atoms with Gasteiger partial charge in [0.1, 0.15) is 6.73 Å². The van der Waals surface area contributed by atoms with E-state index in [4.69, 9.17) is 10.8 Å². The van der Waals surface area contributed by atoms with Gasteiger partial charge in [0.15, 0.2) is 0 Å². The summed E-state index contributed by atoms with van der Waals surface area (Å²) in [6.45, 7) is -0.751. The molecule has 6 amide bonds. The van der Waals surface area contributed by atoms with Crippen LogP contribution in [0.15, 0.2) is 0 Å². The highest BCUT2D eigenvalue weighted by molar-refractivity contribution is 5.77. The summed E-state index contributed by atoms with van der Waals surface area (Å²) in [6, 6.07) is -1.99. The minimum atomic E-state index is -0.763. The van der Waals surface area contributed by atoms with Crippen molar-refractivity contribution in [1.29, 1.82) is 0 Å². The molecule has 0 fully saturated rings. The van der Waals surface area contributed by atoms with Crippen molar-refractivity contribution in [1.82, 2.24) is 26.6 Å². The summed E-state index contributed by atoms with van der Waals surface area (Å²) in [7, 11) is 0. The Balaban J connectivity index is 3.43. The fourth-order valence-electron chi connectivity index (χ4n) is 0.613. The molecule has 16 heavy (non-hydrogen) atoms. The summed E-state index contributed by atoms with van der Waals surface area (Å²) >= 11 is 0.